The number of rotatable bonds is 4. The lowest BCUT2D eigenvalue weighted by molar-refractivity contribution is -0.162. The number of aliphatic carboxylic acids is 1. The number of likely N-dealkylation sites (tertiary alicyclic amines) is 1. The van der Waals surface area contributed by atoms with E-state index < -0.39 is 11.6 Å². The first kappa shape index (κ1) is 17.5. The summed E-state index contributed by atoms with van der Waals surface area (Å²) >= 11 is 0. The van der Waals surface area contributed by atoms with Crippen LogP contribution < -0.4 is 4.74 Å². The Morgan fingerprint density at radius 1 is 1.32 bits per heavy atom. The van der Waals surface area contributed by atoms with Crippen LogP contribution in [0.5, 0.6) is 5.75 Å². The van der Waals surface area contributed by atoms with Crippen molar-refractivity contribution >= 4 is 11.9 Å². The van der Waals surface area contributed by atoms with Gasteiger partial charge >= 0.3 is 5.97 Å². The van der Waals surface area contributed by atoms with Crippen LogP contribution in [0.2, 0.25) is 0 Å². The second-order valence-electron chi connectivity index (χ2n) is 6.80. The van der Waals surface area contributed by atoms with Crippen LogP contribution in [0.4, 0.5) is 0 Å². The fourth-order valence-electron chi connectivity index (χ4n) is 3.51. The first-order valence-corrected chi connectivity index (χ1v) is 8.80. The Balaban J connectivity index is 1.68. The van der Waals surface area contributed by atoms with Gasteiger partial charge in [0.25, 0.3) is 0 Å². The standard InChI is InChI=1S/C19H24N2O4/c1-14-16(8-5-11-20-14)25-19(18(23)24)9-12-21(13-10-19)17(22)15-6-3-2-4-7-15/h2-3,5,8,11,15H,4,6-7,9-10,12-13H2,1H3,(H,23,24). The highest BCUT2D eigenvalue weighted by Gasteiger charge is 2.45. The van der Waals surface area contributed by atoms with E-state index in [4.69, 9.17) is 4.74 Å². The van der Waals surface area contributed by atoms with Crippen LogP contribution in [0, 0.1) is 12.8 Å². The summed E-state index contributed by atoms with van der Waals surface area (Å²) in [5.74, 6) is -0.324. The molecule has 0 saturated carbocycles. The molecule has 2 aliphatic rings. The van der Waals surface area contributed by atoms with Gasteiger partial charge in [-0.2, -0.15) is 0 Å². The molecule has 6 heteroatoms. The van der Waals surface area contributed by atoms with Crippen LogP contribution >= 0.6 is 0 Å². The molecule has 3 rings (SSSR count). The molecule has 1 saturated heterocycles. The smallest absolute Gasteiger partial charge is 0.348 e. The van der Waals surface area contributed by atoms with Crippen LogP contribution in [0.25, 0.3) is 0 Å². The van der Waals surface area contributed by atoms with Gasteiger partial charge in [0.1, 0.15) is 5.75 Å². The topological polar surface area (TPSA) is 79.7 Å². The van der Waals surface area contributed by atoms with Gasteiger partial charge in [0, 0.05) is 38.0 Å². The number of amides is 1. The number of ether oxygens (including phenoxy) is 1. The molecule has 1 N–H and O–H groups in total. The van der Waals surface area contributed by atoms with Crippen molar-refractivity contribution in [1.82, 2.24) is 9.88 Å². The number of pyridine rings is 1. The zero-order chi connectivity index (χ0) is 17.9. The lowest BCUT2D eigenvalue weighted by Gasteiger charge is -2.40. The van der Waals surface area contributed by atoms with E-state index in [2.05, 4.69) is 17.1 Å². The number of hydrogen-bond acceptors (Lipinski definition) is 4. The fraction of sp³-hybridized carbons (Fsp3) is 0.526. The average Bonchev–Trinajstić information content (AvgIpc) is 2.64. The summed E-state index contributed by atoms with van der Waals surface area (Å²) in [4.78, 5) is 30.5. The Morgan fingerprint density at radius 2 is 2.08 bits per heavy atom. The monoisotopic (exact) mass is 344 g/mol. The van der Waals surface area contributed by atoms with Gasteiger partial charge in [-0.15, -0.1) is 0 Å². The van der Waals surface area contributed by atoms with Gasteiger partial charge in [-0.1, -0.05) is 12.2 Å². The van der Waals surface area contributed by atoms with E-state index in [1.165, 1.54) is 0 Å². The summed E-state index contributed by atoms with van der Waals surface area (Å²) in [6.45, 7) is 2.61. The van der Waals surface area contributed by atoms with Gasteiger partial charge in [-0.3, -0.25) is 9.78 Å². The second kappa shape index (κ2) is 7.25. The van der Waals surface area contributed by atoms with Crippen molar-refractivity contribution in [3.8, 4) is 5.75 Å². The van der Waals surface area contributed by atoms with Crippen LogP contribution in [-0.4, -0.2) is 45.6 Å². The van der Waals surface area contributed by atoms with Gasteiger partial charge in [0.15, 0.2) is 0 Å². The highest BCUT2D eigenvalue weighted by Crippen LogP contribution is 2.32. The molecule has 1 aliphatic carbocycles. The van der Waals surface area contributed by atoms with Crippen molar-refractivity contribution in [2.24, 2.45) is 5.92 Å². The summed E-state index contributed by atoms with van der Waals surface area (Å²) < 4.78 is 5.90. The number of aryl methyl sites for hydroxylation is 1. The van der Waals surface area contributed by atoms with Gasteiger partial charge in [-0.25, -0.2) is 4.79 Å². The van der Waals surface area contributed by atoms with Crippen LogP contribution in [0.1, 0.15) is 37.8 Å². The van der Waals surface area contributed by atoms with Crippen molar-refractivity contribution < 1.29 is 19.4 Å². The minimum atomic E-state index is -1.29. The minimum absolute atomic E-state index is 0.0313. The molecule has 1 atom stereocenters. The number of hydrogen-bond donors (Lipinski definition) is 1. The molecule has 1 aliphatic heterocycles. The number of carboxylic acids is 1. The first-order valence-electron chi connectivity index (χ1n) is 8.80. The Labute approximate surface area is 147 Å². The highest BCUT2D eigenvalue weighted by molar-refractivity contribution is 5.81. The van der Waals surface area contributed by atoms with E-state index in [0.29, 0.717) is 24.5 Å². The number of nitrogens with zero attached hydrogens (tertiary/aromatic N) is 2. The van der Waals surface area contributed by atoms with Gasteiger partial charge < -0.3 is 14.7 Å². The predicted octanol–water partition coefficient (Wildman–Crippen LogP) is 2.57. The summed E-state index contributed by atoms with van der Waals surface area (Å²) in [6, 6.07) is 3.46. The highest BCUT2D eigenvalue weighted by atomic mass is 16.5. The van der Waals surface area contributed by atoms with E-state index >= 15 is 0 Å². The zero-order valence-electron chi connectivity index (χ0n) is 14.5. The molecule has 1 aromatic heterocycles. The molecule has 25 heavy (non-hydrogen) atoms. The number of carboxylic acid groups (broad SMARTS) is 1. The molecule has 0 spiro atoms. The Bertz CT molecular complexity index is 678. The lowest BCUT2D eigenvalue weighted by Crippen LogP contribution is -2.55. The first-order chi connectivity index (χ1) is 12.0. The van der Waals surface area contributed by atoms with E-state index in [0.717, 1.165) is 19.3 Å². The average molecular weight is 344 g/mol. The van der Waals surface area contributed by atoms with Crippen LogP contribution in [0.3, 0.4) is 0 Å². The lowest BCUT2D eigenvalue weighted by atomic mass is 9.88. The van der Waals surface area contributed by atoms with Crippen LogP contribution in [-0.2, 0) is 9.59 Å². The Hall–Kier alpha value is -2.37. The van der Waals surface area contributed by atoms with Gasteiger partial charge in [-0.05, 0) is 38.3 Å². The molecule has 1 amide bonds. The van der Waals surface area contributed by atoms with E-state index in [1.807, 2.05) is 0 Å². The zero-order valence-corrected chi connectivity index (χ0v) is 14.5. The quantitative estimate of drug-likeness (QED) is 0.849. The predicted molar refractivity (Wildman–Crippen MR) is 92.3 cm³/mol. The molecule has 1 unspecified atom stereocenters. The van der Waals surface area contributed by atoms with Crippen molar-refractivity contribution in [2.75, 3.05) is 13.1 Å². The third-order valence-electron chi connectivity index (χ3n) is 5.15. The molecule has 0 aromatic carbocycles. The fourth-order valence-corrected chi connectivity index (χ4v) is 3.51. The number of allylic oxidation sites excluding steroid dienone is 2. The second-order valence-corrected chi connectivity index (χ2v) is 6.80. The SMILES string of the molecule is Cc1ncccc1OC1(C(=O)O)CCN(C(=O)C2CC=CCC2)CC1. The number of piperidine rings is 1. The van der Waals surface area contributed by atoms with Crippen LogP contribution in [0.15, 0.2) is 30.5 Å². The number of carbonyl (C=O) groups is 2. The van der Waals surface area contributed by atoms with Crippen molar-refractivity contribution in [1.29, 1.82) is 0 Å². The van der Waals surface area contributed by atoms with Crippen molar-refractivity contribution in [2.45, 2.75) is 44.6 Å². The molecule has 2 heterocycles. The molecule has 0 bridgehead atoms. The Morgan fingerprint density at radius 3 is 2.68 bits per heavy atom. The summed E-state index contributed by atoms with van der Waals surface area (Å²) in [7, 11) is 0. The van der Waals surface area contributed by atoms with E-state index in [-0.39, 0.29) is 24.7 Å². The Kier molecular flexibility index (Phi) is 5.06. The maximum atomic E-state index is 12.6. The number of aromatic nitrogens is 1. The third-order valence-corrected chi connectivity index (χ3v) is 5.15. The summed E-state index contributed by atoms with van der Waals surface area (Å²) in [5.41, 5.74) is -0.632. The largest absolute Gasteiger partial charge is 0.478 e. The van der Waals surface area contributed by atoms with Crippen molar-refractivity contribution in [3.05, 3.63) is 36.2 Å². The number of carbonyl (C=O) groups excluding carboxylic acids is 1. The molecule has 1 aromatic rings. The normalized spacial score (nSPS) is 22.4. The van der Waals surface area contributed by atoms with Gasteiger partial charge in [0.05, 0.1) is 5.69 Å². The maximum Gasteiger partial charge on any atom is 0.348 e. The summed E-state index contributed by atoms with van der Waals surface area (Å²) in [5, 5.41) is 9.76. The molecule has 6 nitrogen and oxygen atoms in total. The molecular formula is C19H24N2O4. The molecule has 0 radical (unpaired) electrons. The van der Waals surface area contributed by atoms with E-state index in [1.54, 1.807) is 30.2 Å². The molecule has 134 valence electrons. The van der Waals surface area contributed by atoms with Crippen molar-refractivity contribution in [3.63, 3.8) is 0 Å². The maximum absolute atomic E-state index is 12.6. The molecule has 1 fully saturated rings. The minimum Gasteiger partial charge on any atom is -0.478 e. The molecular weight excluding hydrogens is 320 g/mol. The van der Waals surface area contributed by atoms with E-state index in [9.17, 15) is 14.7 Å². The van der Waals surface area contributed by atoms with Gasteiger partial charge in [0.2, 0.25) is 11.5 Å². The third kappa shape index (κ3) is 3.67. The summed E-state index contributed by atoms with van der Waals surface area (Å²) in [6.07, 6.45) is 8.98.